The number of amides is 1. The number of carbonyl (C=O) groups excluding carboxylic acids is 1. The molecule has 1 N–H and O–H groups in total. The monoisotopic (exact) mass is 358 g/mol. The maximum atomic E-state index is 12.6. The van der Waals surface area contributed by atoms with E-state index in [1.807, 2.05) is 62.4 Å². The molecule has 0 aliphatic heterocycles. The molecule has 4 rings (SSSR count). The number of carbonyl (C=O) groups is 1. The summed E-state index contributed by atoms with van der Waals surface area (Å²) in [4.78, 5) is 17.3. The molecule has 0 atom stereocenters. The molecule has 7 nitrogen and oxygen atoms in total. The number of benzene rings is 2. The lowest BCUT2D eigenvalue weighted by molar-refractivity contribution is -0.115. The highest BCUT2D eigenvalue weighted by atomic mass is 16.1. The first-order chi connectivity index (χ1) is 13.1. The summed E-state index contributed by atoms with van der Waals surface area (Å²) in [7, 11) is 0. The molecule has 0 fully saturated rings. The number of para-hydroxylation sites is 1. The number of nitrogens with zero attached hydrogens (tertiary/aromatic N) is 5. The molecule has 0 aliphatic rings. The standard InChI is InChI=1S/C20H18N6O/c1-13-17-8-3-4-9-19(17)22-14(2)18(13)11-20(27)23-15-6-5-7-16(10-15)26-12-21-24-25-26/h3-10,12H,11H2,1-2H3,(H,23,27). The Balaban J connectivity index is 1.57. The van der Waals surface area contributed by atoms with Gasteiger partial charge in [0.1, 0.15) is 6.33 Å². The molecule has 2 aromatic heterocycles. The molecule has 2 heterocycles. The van der Waals surface area contributed by atoms with Gasteiger partial charge >= 0.3 is 0 Å². The summed E-state index contributed by atoms with van der Waals surface area (Å²) in [6.45, 7) is 3.98. The van der Waals surface area contributed by atoms with E-state index in [9.17, 15) is 4.79 Å². The molecule has 0 radical (unpaired) electrons. The molecule has 0 spiro atoms. The number of aromatic nitrogens is 5. The summed E-state index contributed by atoms with van der Waals surface area (Å²) in [5, 5.41) is 15.1. The van der Waals surface area contributed by atoms with Crippen molar-refractivity contribution in [2.45, 2.75) is 20.3 Å². The van der Waals surface area contributed by atoms with Gasteiger partial charge in [0.15, 0.2) is 0 Å². The van der Waals surface area contributed by atoms with Crippen LogP contribution in [0, 0.1) is 13.8 Å². The Morgan fingerprint density at radius 1 is 1.11 bits per heavy atom. The molecule has 7 heteroatoms. The van der Waals surface area contributed by atoms with Crippen molar-refractivity contribution in [1.29, 1.82) is 0 Å². The molecular formula is C20H18N6O. The van der Waals surface area contributed by atoms with Crippen LogP contribution in [-0.4, -0.2) is 31.1 Å². The quantitative estimate of drug-likeness (QED) is 0.606. The fraction of sp³-hybridized carbons (Fsp3) is 0.150. The van der Waals surface area contributed by atoms with Crippen molar-refractivity contribution < 1.29 is 4.79 Å². The zero-order chi connectivity index (χ0) is 18.8. The highest BCUT2D eigenvalue weighted by molar-refractivity contribution is 5.94. The predicted molar refractivity (Wildman–Crippen MR) is 103 cm³/mol. The number of hydrogen-bond donors (Lipinski definition) is 1. The number of fused-ring (bicyclic) bond motifs is 1. The summed E-state index contributed by atoms with van der Waals surface area (Å²) in [5.41, 5.74) is 5.35. The van der Waals surface area contributed by atoms with Crippen molar-refractivity contribution in [3.05, 3.63) is 71.7 Å². The van der Waals surface area contributed by atoms with Crippen molar-refractivity contribution in [3.63, 3.8) is 0 Å². The highest BCUT2D eigenvalue weighted by Crippen LogP contribution is 2.23. The minimum Gasteiger partial charge on any atom is -0.326 e. The Labute approximate surface area is 156 Å². The van der Waals surface area contributed by atoms with Crippen molar-refractivity contribution in [3.8, 4) is 5.69 Å². The second kappa shape index (κ2) is 6.95. The molecule has 0 unspecified atom stereocenters. The lowest BCUT2D eigenvalue weighted by Gasteiger charge is -2.13. The molecule has 134 valence electrons. The number of rotatable bonds is 4. The van der Waals surface area contributed by atoms with Crippen LogP contribution in [0.3, 0.4) is 0 Å². The van der Waals surface area contributed by atoms with E-state index in [1.54, 1.807) is 0 Å². The van der Waals surface area contributed by atoms with Crippen LogP contribution < -0.4 is 5.32 Å². The van der Waals surface area contributed by atoms with Gasteiger partial charge in [-0.1, -0.05) is 24.3 Å². The fourth-order valence-corrected chi connectivity index (χ4v) is 3.20. The van der Waals surface area contributed by atoms with Gasteiger partial charge in [0, 0.05) is 16.8 Å². The minimum absolute atomic E-state index is 0.0906. The van der Waals surface area contributed by atoms with E-state index < -0.39 is 0 Å². The van der Waals surface area contributed by atoms with Gasteiger partial charge in [-0.15, -0.1) is 5.10 Å². The number of hydrogen-bond acceptors (Lipinski definition) is 5. The zero-order valence-corrected chi connectivity index (χ0v) is 15.0. The summed E-state index contributed by atoms with van der Waals surface area (Å²) in [6.07, 6.45) is 1.78. The Bertz CT molecular complexity index is 1120. The normalized spacial score (nSPS) is 10.9. The largest absolute Gasteiger partial charge is 0.326 e. The average molecular weight is 358 g/mol. The number of nitrogens with one attached hydrogen (secondary N) is 1. The fourth-order valence-electron chi connectivity index (χ4n) is 3.20. The van der Waals surface area contributed by atoms with E-state index >= 15 is 0 Å². The van der Waals surface area contributed by atoms with Crippen LogP contribution in [0.25, 0.3) is 16.6 Å². The van der Waals surface area contributed by atoms with Crippen LogP contribution in [0.1, 0.15) is 16.8 Å². The molecule has 0 bridgehead atoms. The van der Waals surface area contributed by atoms with Crippen LogP contribution >= 0.6 is 0 Å². The van der Waals surface area contributed by atoms with Gasteiger partial charge in [0.05, 0.1) is 17.6 Å². The first-order valence-electron chi connectivity index (χ1n) is 8.60. The molecule has 1 amide bonds. The van der Waals surface area contributed by atoms with E-state index in [-0.39, 0.29) is 12.3 Å². The molecule has 2 aromatic carbocycles. The van der Waals surface area contributed by atoms with Crippen LogP contribution in [0.4, 0.5) is 5.69 Å². The third-order valence-electron chi connectivity index (χ3n) is 4.57. The molecule has 4 aromatic rings. The first-order valence-corrected chi connectivity index (χ1v) is 8.60. The summed E-state index contributed by atoms with van der Waals surface area (Å²) in [5.74, 6) is -0.0906. The number of anilines is 1. The molecular weight excluding hydrogens is 340 g/mol. The Kier molecular flexibility index (Phi) is 4.33. The Morgan fingerprint density at radius 3 is 2.78 bits per heavy atom. The van der Waals surface area contributed by atoms with E-state index in [1.165, 1.54) is 11.0 Å². The minimum atomic E-state index is -0.0906. The van der Waals surface area contributed by atoms with Crippen LogP contribution in [-0.2, 0) is 11.2 Å². The van der Waals surface area contributed by atoms with E-state index in [4.69, 9.17) is 0 Å². The lowest BCUT2D eigenvalue weighted by atomic mass is 9.99. The molecule has 0 aliphatic carbocycles. The molecule has 0 saturated heterocycles. The number of tetrazole rings is 1. The lowest BCUT2D eigenvalue weighted by Crippen LogP contribution is -2.16. The zero-order valence-electron chi connectivity index (χ0n) is 15.0. The van der Waals surface area contributed by atoms with Gasteiger partial charge in [0.2, 0.25) is 5.91 Å². The third-order valence-corrected chi connectivity index (χ3v) is 4.57. The van der Waals surface area contributed by atoms with Gasteiger partial charge in [-0.25, -0.2) is 4.68 Å². The molecule has 27 heavy (non-hydrogen) atoms. The SMILES string of the molecule is Cc1nc2ccccc2c(C)c1CC(=O)Nc1cccc(-n2cnnn2)c1. The smallest absolute Gasteiger partial charge is 0.228 e. The van der Waals surface area contributed by atoms with E-state index in [2.05, 4.69) is 25.8 Å². The summed E-state index contributed by atoms with van der Waals surface area (Å²) < 4.78 is 1.54. The van der Waals surface area contributed by atoms with Crippen molar-refractivity contribution in [2.24, 2.45) is 0 Å². The van der Waals surface area contributed by atoms with Gasteiger partial charge < -0.3 is 5.32 Å². The van der Waals surface area contributed by atoms with Crippen LogP contribution in [0.2, 0.25) is 0 Å². The van der Waals surface area contributed by atoms with Crippen molar-refractivity contribution >= 4 is 22.5 Å². The van der Waals surface area contributed by atoms with Crippen LogP contribution in [0.5, 0.6) is 0 Å². The Hall–Kier alpha value is -3.61. The first kappa shape index (κ1) is 16.8. The van der Waals surface area contributed by atoms with Gasteiger partial charge in [-0.2, -0.15) is 0 Å². The Morgan fingerprint density at radius 2 is 1.96 bits per heavy atom. The maximum absolute atomic E-state index is 12.6. The second-order valence-electron chi connectivity index (χ2n) is 6.35. The predicted octanol–water partition coefficient (Wildman–Crippen LogP) is 3.01. The number of pyridine rings is 1. The van der Waals surface area contributed by atoms with Gasteiger partial charge in [0.25, 0.3) is 0 Å². The summed E-state index contributed by atoms with van der Waals surface area (Å²) in [6, 6.07) is 15.4. The topological polar surface area (TPSA) is 85.6 Å². The summed E-state index contributed by atoms with van der Waals surface area (Å²) >= 11 is 0. The van der Waals surface area contributed by atoms with Gasteiger partial charge in [-0.05, 0) is 59.7 Å². The molecule has 0 saturated carbocycles. The average Bonchev–Trinajstić information content (AvgIpc) is 3.20. The number of aryl methyl sites for hydroxylation is 2. The van der Waals surface area contributed by atoms with E-state index in [0.717, 1.165) is 33.4 Å². The van der Waals surface area contributed by atoms with Crippen molar-refractivity contribution in [1.82, 2.24) is 25.2 Å². The maximum Gasteiger partial charge on any atom is 0.228 e. The van der Waals surface area contributed by atoms with Gasteiger partial charge in [-0.3, -0.25) is 9.78 Å². The highest BCUT2D eigenvalue weighted by Gasteiger charge is 2.13. The third kappa shape index (κ3) is 3.39. The second-order valence-corrected chi connectivity index (χ2v) is 6.35. The van der Waals surface area contributed by atoms with Crippen LogP contribution in [0.15, 0.2) is 54.9 Å². The van der Waals surface area contributed by atoms with Crippen molar-refractivity contribution in [2.75, 3.05) is 5.32 Å². The van der Waals surface area contributed by atoms with E-state index in [0.29, 0.717) is 5.69 Å².